The van der Waals surface area contributed by atoms with Crippen molar-refractivity contribution in [2.45, 2.75) is 19.0 Å². The van der Waals surface area contributed by atoms with Crippen LogP contribution in [0.4, 0.5) is 17.6 Å². The Morgan fingerprint density at radius 2 is 1.85 bits per heavy atom. The van der Waals surface area contributed by atoms with Crippen LogP contribution in [-0.4, -0.2) is 6.54 Å². The third kappa shape index (κ3) is 3.19. The van der Waals surface area contributed by atoms with E-state index in [1.165, 1.54) is 6.07 Å². The van der Waals surface area contributed by atoms with Gasteiger partial charge < -0.3 is 10.2 Å². The number of hydrogen-bond donors (Lipinski definition) is 1. The first-order chi connectivity index (χ1) is 9.41. The van der Waals surface area contributed by atoms with Crippen LogP contribution < -0.4 is 5.73 Å². The predicted octanol–water partition coefficient (Wildman–Crippen LogP) is 4.00. The molecule has 0 aliphatic rings. The lowest BCUT2D eigenvalue weighted by molar-refractivity contribution is -0.139. The molecular weight excluding hydrogens is 274 g/mol. The van der Waals surface area contributed by atoms with Crippen molar-refractivity contribution in [2.75, 3.05) is 6.54 Å². The fourth-order valence-electron chi connectivity index (χ4n) is 1.84. The molecule has 2 rings (SSSR count). The molecule has 0 fully saturated rings. The molecule has 0 aliphatic carbocycles. The number of aryl methyl sites for hydroxylation is 1. The van der Waals surface area contributed by atoms with Gasteiger partial charge in [0.05, 0.1) is 5.56 Å². The van der Waals surface area contributed by atoms with E-state index in [0.717, 1.165) is 18.6 Å². The Bertz CT molecular complexity index is 589. The second-order valence-corrected chi connectivity index (χ2v) is 4.35. The normalized spacial score (nSPS) is 11.8. The molecule has 6 heteroatoms. The highest BCUT2D eigenvalue weighted by Gasteiger charge is 2.34. The Morgan fingerprint density at radius 3 is 2.50 bits per heavy atom. The van der Waals surface area contributed by atoms with Crippen molar-refractivity contribution in [3.8, 4) is 11.3 Å². The van der Waals surface area contributed by atoms with E-state index in [2.05, 4.69) is 0 Å². The molecule has 1 aromatic carbocycles. The molecule has 0 radical (unpaired) electrons. The predicted molar refractivity (Wildman–Crippen MR) is 66.5 cm³/mol. The fraction of sp³-hybridized carbons (Fsp3) is 0.286. The highest BCUT2D eigenvalue weighted by Crippen LogP contribution is 2.34. The number of nitrogens with two attached hydrogens (primary N) is 1. The number of rotatable bonds is 4. The van der Waals surface area contributed by atoms with Crippen LogP contribution in [0.3, 0.4) is 0 Å². The van der Waals surface area contributed by atoms with Gasteiger partial charge in [-0.25, -0.2) is 4.39 Å². The third-order valence-corrected chi connectivity index (χ3v) is 2.85. The molecule has 0 saturated heterocycles. The van der Waals surface area contributed by atoms with Gasteiger partial charge in [0.15, 0.2) is 0 Å². The van der Waals surface area contributed by atoms with E-state index < -0.39 is 17.6 Å². The SMILES string of the molecule is NCCCc1ccc(-c2ccc(F)c(C(F)(F)F)c2)o1. The van der Waals surface area contributed by atoms with Crippen molar-refractivity contribution >= 4 is 0 Å². The molecule has 0 saturated carbocycles. The van der Waals surface area contributed by atoms with Gasteiger partial charge in [-0.05, 0) is 43.3 Å². The molecule has 0 amide bonds. The number of alkyl halides is 3. The third-order valence-electron chi connectivity index (χ3n) is 2.85. The number of hydrogen-bond acceptors (Lipinski definition) is 2. The molecule has 20 heavy (non-hydrogen) atoms. The van der Waals surface area contributed by atoms with Crippen molar-refractivity contribution in [1.29, 1.82) is 0 Å². The zero-order valence-corrected chi connectivity index (χ0v) is 10.5. The van der Waals surface area contributed by atoms with Crippen LogP contribution in [-0.2, 0) is 12.6 Å². The molecule has 0 bridgehead atoms. The largest absolute Gasteiger partial charge is 0.461 e. The zero-order chi connectivity index (χ0) is 14.8. The highest BCUT2D eigenvalue weighted by atomic mass is 19.4. The van der Waals surface area contributed by atoms with Crippen LogP contribution >= 0.6 is 0 Å². The van der Waals surface area contributed by atoms with Crippen LogP contribution in [0.15, 0.2) is 34.7 Å². The molecular formula is C14H13F4NO. The monoisotopic (exact) mass is 287 g/mol. The van der Waals surface area contributed by atoms with E-state index >= 15 is 0 Å². The van der Waals surface area contributed by atoms with Crippen LogP contribution in [0.5, 0.6) is 0 Å². The van der Waals surface area contributed by atoms with Crippen molar-refractivity contribution in [3.05, 3.63) is 47.5 Å². The topological polar surface area (TPSA) is 39.2 Å². The number of furan rings is 1. The van der Waals surface area contributed by atoms with Crippen LogP contribution in [0.1, 0.15) is 17.7 Å². The fourth-order valence-corrected chi connectivity index (χ4v) is 1.84. The van der Waals surface area contributed by atoms with Gasteiger partial charge >= 0.3 is 6.18 Å². The molecule has 0 spiro atoms. The number of benzene rings is 1. The second kappa shape index (κ2) is 5.66. The minimum atomic E-state index is -4.73. The van der Waals surface area contributed by atoms with E-state index in [9.17, 15) is 17.6 Å². The van der Waals surface area contributed by atoms with E-state index in [1.54, 1.807) is 12.1 Å². The maximum absolute atomic E-state index is 13.2. The van der Waals surface area contributed by atoms with Gasteiger partial charge in [-0.2, -0.15) is 13.2 Å². The van der Waals surface area contributed by atoms with E-state index in [-0.39, 0.29) is 11.3 Å². The Kier molecular flexibility index (Phi) is 4.13. The number of halogens is 4. The second-order valence-electron chi connectivity index (χ2n) is 4.35. The summed E-state index contributed by atoms with van der Waals surface area (Å²) >= 11 is 0. The molecule has 2 nitrogen and oxygen atoms in total. The Labute approximate surface area is 113 Å². The van der Waals surface area contributed by atoms with Gasteiger partial charge in [0.1, 0.15) is 17.3 Å². The van der Waals surface area contributed by atoms with Crippen molar-refractivity contribution in [1.82, 2.24) is 0 Å². The summed E-state index contributed by atoms with van der Waals surface area (Å²) in [6.07, 6.45) is -3.39. The van der Waals surface area contributed by atoms with Gasteiger partial charge in [-0.15, -0.1) is 0 Å². The molecule has 1 aromatic heterocycles. The molecule has 1 heterocycles. The first-order valence-electron chi connectivity index (χ1n) is 6.07. The summed E-state index contributed by atoms with van der Waals surface area (Å²) in [5.74, 6) is -0.373. The van der Waals surface area contributed by atoms with Crippen LogP contribution in [0.25, 0.3) is 11.3 Å². The van der Waals surface area contributed by atoms with Gasteiger partial charge in [0.2, 0.25) is 0 Å². The van der Waals surface area contributed by atoms with Crippen LogP contribution in [0.2, 0.25) is 0 Å². The first-order valence-corrected chi connectivity index (χ1v) is 6.07. The van der Waals surface area contributed by atoms with E-state index in [1.807, 2.05) is 0 Å². The summed E-state index contributed by atoms with van der Waals surface area (Å²) in [4.78, 5) is 0. The quantitative estimate of drug-likeness (QED) is 0.863. The van der Waals surface area contributed by atoms with Gasteiger partial charge in [0.25, 0.3) is 0 Å². The lowest BCUT2D eigenvalue weighted by Crippen LogP contribution is -2.08. The summed E-state index contributed by atoms with van der Waals surface area (Å²) < 4.78 is 56.5. The van der Waals surface area contributed by atoms with Crippen molar-refractivity contribution in [3.63, 3.8) is 0 Å². The Balaban J connectivity index is 2.31. The molecule has 0 atom stereocenters. The van der Waals surface area contributed by atoms with E-state index in [4.69, 9.17) is 10.2 Å². The Morgan fingerprint density at radius 1 is 1.10 bits per heavy atom. The molecule has 108 valence electrons. The standard InChI is InChI=1S/C14H13F4NO/c15-12-5-3-9(8-11(12)14(16,17)18)13-6-4-10(20-13)2-1-7-19/h3-6,8H,1-2,7,19H2. The lowest BCUT2D eigenvalue weighted by Gasteiger charge is -2.09. The Hall–Kier alpha value is -1.82. The van der Waals surface area contributed by atoms with Gasteiger partial charge in [-0.1, -0.05) is 0 Å². The maximum Gasteiger partial charge on any atom is 0.419 e. The lowest BCUT2D eigenvalue weighted by atomic mass is 10.1. The summed E-state index contributed by atoms with van der Waals surface area (Å²) in [6.45, 7) is 0.505. The zero-order valence-electron chi connectivity index (χ0n) is 10.5. The summed E-state index contributed by atoms with van der Waals surface area (Å²) in [7, 11) is 0. The van der Waals surface area contributed by atoms with E-state index in [0.29, 0.717) is 18.7 Å². The minimum absolute atomic E-state index is 0.192. The summed E-state index contributed by atoms with van der Waals surface area (Å²) in [5, 5.41) is 0. The molecule has 0 unspecified atom stereocenters. The van der Waals surface area contributed by atoms with Crippen LogP contribution in [0, 0.1) is 5.82 Å². The average Bonchev–Trinajstić information content (AvgIpc) is 2.84. The van der Waals surface area contributed by atoms with Gasteiger partial charge in [-0.3, -0.25) is 0 Å². The first kappa shape index (κ1) is 14.6. The molecule has 2 N–H and O–H groups in total. The van der Waals surface area contributed by atoms with Gasteiger partial charge in [0, 0.05) is 12.0 Å². The van der Waals surface area contributed by atoms with Crippen molar-refractivity contribution < 1.29 is 22.0 Å². The molecule has 0 aliphatic heterocycles. The minimum Gasteiger partial charge on any atom is -0.461 e. The maximum atomic E-state index is 13.2. The highest BCUT2D eigenvalue weighted by molar-refractivity contribution is 5.59. The summed E-state index contributed by atoms with van der Waals surface area (Å²) in [5.41, 5.74) is 4.27. The summed E-state index contributed by atoms with van der Waals surface area (Å²) in [6, 6.07) is 6.05. The average molecular weight is 287 g/mol. The smallest absolute Gasteiger partial charge is 0.419 e. The molecule has 2 aromatic rings. The van der Waals surface area contributed by atoms with Crippen molar-refractivity contribution in [2.24, 2.45) is 5.73 Å².